The Labute approximate surface area is 336 Å². The molecule has 0 amide bonds. The summed E-state index contributed by atoms with van der Waals surface area (Å²) < 4.78 is 6.65. The van der Waals surface area contributed by atoms with Crippen molar-refractivity contribution in [3.05, 3.63) is 222 Å². The van der Waals surface area contributed by atoms with Gasteiger partial charge in [0.25, 0.3) is 0 Å². The predicted molar refractivity (Wildman–Crippen MR) is 229 cm³/mol. The highest BCUT2D eigenvalue weighted by Crippen LogP contribution is 2.62. The highest BCUT2D eigenvalue weighted by atomic mass is 16.5. The van der Waals surface area contributed by atoms with E-state index in [0.717, 1.165) is 61.6 Å². The first-order valence-corrected chi connectivity index (χ1v) is 19.3. The fourth-order valence-corrected chi connectivity index (χ4v) is 8.80. The minimum atomic E-state index is -0.671. The van der Waals surface area contributed by atoms with E-state index >= 15 is 0 Å². The molecular formula is C53H32N4O. The van der Waals surface area contributed by atoms with Gasteiger partial charge >= 0.3 is 0 Å². The Morgan fingerprint density at radius 3 is 1.34 bits per heavy atom. The van der Waals surface area contributed by atoms with Crippen LogP contribution >= 0.6 is 0 Å². The van der Waals surface area contributed by atoms with Gasteiger partial charge in [-0.25, -0.2) is 15.0 Å². The van der Waals surface area contributed by atoms with Gasteiger partial charge in [-0.2, -0.15) is 5.26 Å². The van der Waals surface area contributed by atoms with Crippen LogP contribution in [0.2, 0.25) is 0 Å². The largest absolute Gasteiger partial charge is 0.457 e. The van der Waals surface area contributed by atoms with Crippen LogP contribution in [0.3, 0.4) is 0 Å². The molecule has 5 heteroatoms. The predicted octanol–water partition coefficient (Wildman–Crippen LogP) is 12.5. The van der Waals surface area contributed by atoms with E-state index < -0.39 is 5.41 Å². The van der Waals surface area contributed by atoms with E-state index in [4.69, 9.17) is 19.7 Å². The van der Waals surface area contributed by atoms with Crippen molar-refractivity contribution in [2.75, 3.05) is 0 Å². The van der Waals surface area contributed by atoms with Gasteiger partial charge in [-0.15, -0.1) is 0 Å². The molecule has 8 aromatic carbocycles. The van der Waals surface area contributed by atoms with Gasteiger partial charge in [-0.1, -0.05) is 152 Å². The standard InChI is InChI=1S/C53H32N4O/c54-33-34-13-11-18-37(29-34)39-25-27-42-43-28-26-40(32-47(43)53(46(42)31-39)44-21-7-9-23-48(44)58-49-24-10-8-22-45(49)53)38-19-12-20-41(30-38)52-56-50(35-14-3-1-4-15-35)55-51(57-52)36-16-5-2-6-17-36/h1-32H. The van der Waals surface area contributed by atoms with E-state index in [2.05, 4.69) is 109 Å². The number of nitrogens with zero attached hydrogens (tertiary/aromatic N) is 4. The third kappa shape index (κ3) is 5.27. The van der Waals surface area contributed by atoms with E-state index in [1.54, 1.807) is 0 Å². The monoisotopic (exact) mass is 740 g/mol. The first kappa shape index (κ1) is 33.4. The Hall–Kier alpha value is -7.94. The normalized spacial score (nSPS) is 12.7. The van der Waals surface area contributed by atoms with Gasteiger partial charge in [0.1, 0.15) is 11.5 Å². The third-order valence-corrected chi connectivity index (χ3v) is 11.4. The molecule has 0 unspecified atom stereocenters. The molecule has 58 heavy (non-hydrogen) atoms. The number of benzene rings is 8. The van der Waals surface area contributed by atoms with Crippen molar-refractivity contribution < 1.29 is 4.74 Å². The van der Waals surface area contributed by atoms with E-state index in [1.165, 1.54) is 22.3 Å². The van der Waals surface area contributed by atoms with Gasteiger partial charge in [0, 0.05) is 27.8 Å². The molecule has 0 N–H and O–H groups in total. The van der Waals surface area contributed by atoms with Gasteiger partial charge in [0.05, 0.1) is 17.0 Å². The molecule has 1 spiro atoms. The van der Waals surface area contributed by atoms with Gasteiger partial charge in [-0.3, -0.25) is 0 Å². The van der Waals surface area contributed by atoms with Crippen molar-refractivity contribution in [1.82, 2.24) is 15.0 Å². The Morgan fingerprint density at radius 1 is 0.362 bits per heavy atom. The van der Waals surface area contributed by atoms with Crippen LogP contribution in [0.25, 0.3) is 67.5 Å². The van der Waals surface area contributed by atoms with Crippen molar-refractivity contribution in [3.8, 4) is 85.1 Å². The lowest BCUT2D eigenvalue weighted by Gasteiger charge is -2.39. The van der Waals surface area contributed by atoms with Gasteiger partial charge in [0.2, 0.25) is 0 Å². The summed E-state index contributed by atoms with van der Waals surface area (Å²) in [7, 11) is 0. The van der Waals surface area contributed by atoms with Crippen molar-refractivity contribution >= 4 is 0 Å². The van der Waals surface area contributed by atoms with E-state index in [9.17, 15) is 5.26 Å². The number of hydrogen-bond donors (Lipinski definition) is 0. The lowest BCUT2D eigenvalue weighted by molar-refractivity contribution is 0.436. The molecule has 0 radical (unpaired) electrons. The second kappa shape index (κ2) is 13.4. The fourth-order valence-electron chi connectivity index (χ4n) is 8.80. The average Bonchev–Trinajstić information content (AvgIpc) is 3.58. The second-order valence-electron chi connectivity index (χ2n) is 14.7. The molecule has 11 rings (SSSR count). The SMILES string of the molecule is N#Cc1cccc(-c2ccc3c(c2)C2(c4ccccc4Oc4ccccc42)c2cc(-c4cccc(-c5nc(-c6ccccc6)nc(-c6ccccc6)n5)c4)ccc2-3)c1. The highest BCUT2D eigenvalue weighted by molar-refractivity contribution is 5.92. The minimum absolute atomic E-state index is 0.611. The molecule has 270 valence electrons. The number of para-hydroxylation sites is 2. The molecule has 1 aliphatic heterocycles. The van der Waals surface area contributed by atoms with E-state index in [0.29, 0.717) is 23.0 Å². The van der Waals surface area contributed by atoms with Gasteiger partial charge in [-0.05, 0) is 87.0 Å². The molecular weight excluding hydrogens is 709 g/mol. The van der Waals surface area contributed by atoms with Crippen molar-refractivity contribution in [2.24, 2.45) is 0 Å². The van der Waals surface area contributed by atoms with Crippen LogP contribution in [0.1, 0.15) is 27.8 Å². The summed E-state index contributed by atoms with van der Waals surface area (Å²) >= 11 is 0. The summed E-state index contributed by atoms with van der Waals surface area (Å²) in [5, 5.41) is 9.75. The first-order chi connectivity index (χ1) is 28.7. The summed E-state index contributed by atoms with van der Waals surface area (Å²) in [6.45, 7) is 0. The third-order valence-electron chi connectivity index (χ3n) is 11.4. The first-order valence-electron chi connectivity index (χ1n) is 19.3. The molecule has 0 saturated heterocycles. The number of rotatable bonds is 5. The Balaban J connectivity index is 1.11. The lowest BCUT2D eigenvalue weighted by atomic mass is 9.65. The number of ether oxygens (including phenoxy) is 1. The topological polar surface area (TPSA) is 71.7 Å². The van der Waals surface area contributed by atoms with Crippen molar-refractivity contribution in [2.45, 2.75) is 5.41 Å². The molecule has 1 aromatic heterocycles. The summed E-state index contributed by atoms with van der Waals surface area (Å²) in [5.41, 5.74) is 13.8. The van der Waals surface area contributed by atoms with Crippen LogP contribution in [0, 0.1) is 11.3 Å². The maximum absolute atomic E-state index is 9.75. The van der Waals surface area contributed by atoms with Crippen molar-refractivity contribution in [1.29, 1.82) is 5.26 Å². The Bertz CT molecular complexity index is 3010. The van der Waals surface area contributed by atoms with E-state index in [-0.39, 0.29) is 0 Å². The molecule has 5 nitrogen and oxygen atoms in total. The zero-order valence-corrected chi connectivity index (χ0v) is 31.2. The minimum Gasteiger partial charge on any atom is -0.457 e. The quantitative estimate of drug-likeness (QED) is 0.176. The summed E-state index contributed by atoms with van der Waals surface area (Å²) in [6, 6.07) is 69.2. The smallest absolute Gasteiger partial charge is 0.164 e. The van der Waals surface area contributed by atoms with Gasteiger partial charge in [0.15, 0.2) is 17.5 Å². The van der Waals surface area contributed by atoms with Crippen LogP contribution in [0.15, 0.2) is 194 Å². The lowest BCUT2D eigenvalue weighted by Crippen LogP contribution is -2.32. The second-order valence-corrected chi connectivity index (χ2v) is 14.7. The number of hydrogen-bond acceptors (Lipinski definition) is 5. The fraction of sp³-hybridized carbons (Fsp3) is 0.0189. The highest BCUT2D eigenvalue weighted by Gasteiger charge is 2.51. The number of fused-ring (bicyclic) bond motifs is 9. The Morgan fingerprint density at radius 2 is 0.793 bits per heavy atom. The molecule has 9 aromatic rings. The molecule has 0 saturated carbocycles. The van der Waals surface area contributed by atoms with Crippen LogP contribution in [0.5, 0.6) is 11.5 Å². The van der Waals surface area contributed by atoms with Gasteiger partial charge < -0.3 is 4.74 Å². The maximum atomic E-state index is 9.75. The maximum Gasteiger partial charge on any atom is 0.164 e. The molecule has 0 atom stereocenters. The van der Waals surface area contributed by atoms with Crippen molar-refractivity contribution in [3.63, 3.8) is 0 Å². The molecule has 1 aliphatic carbocycles. The zero-order valence-electron chi connectivity index (χ0n) is 31.2. The van der Waals surface area contributed by atoms with Crippen LogP contribution in [-0.2, 0) is 5.41 Å². The van der Waals surface area contributed by atoms with Crippen LogP contribution in [-0.4, -0.2) is 15.0 Å². The van der Waals surface area contributed by atoms with E-state index in [1.807, 2.05) is 91.0 Å². The Kier molecular flexibility index (Phi) is 7.70. The summed E-state index contributed by atoms with van der Waals surface area (Å²) in [6.07, 6.45) is 0. The summed E-state index contributed by atoms with van der Waals surface area (Å²) in [5.74, 6) is 3.54. The summed E-state index contributed by atoms with van der Waals surface area (Å²) in [4.78, 5) is 15.0. The molecule has 0 bridgehead atoms. The number of nitriles is 1. The zero-order chi connectivity index (χ0) is 38.6. The molecule has 2 heterocycles. The molecule has 2 aliphatic rings. The average molecular weight is 741 g/mol. The van der Waals surface area contributed by atoms with Crippen LogP contribution in [0.4, 0.5) is 0 Å². The number of aromatic nitrogens is 3. The van der Waals surface area contributed by atoms with Crippen LogP contribution < -0.4 is 4.74 Å². The molecule has 0 fully saturated rings.